The summed E-state index contributed by atoms with van der Waals surface area (Å²) >= 11 is 0. The Kier molecular flexibility index (Phi) is 3.50. The van der Waals surface area contributed by atoms with Crippen molar-refractivity contribution in [3.63, 3.8) is 0 Å². The Labute approximate surface area is 100 Å². The zero-order chi connectivity index (χ0) is 12.4. The summed E-state index contributed by atoms with van der Waals surface area (Å²) in [5.41, 5.74) is 5.65. The third kappa shape index (κ3) is 2.68. The fraction of sp³-hybridized carbons (Fsp3) is 0.538. The summed E-state index contributed by atoms with van der Waals surface area (Å²) in [4.78, 5) is 1.85. The lowest BCUT2D eigenvalue weighted by Crippen LogP contribution is -2.28. The molecule has 0 unspecified atom stereocenters. The number of nitrogen functional groups attached to an aromatic ring is 1. The monoisotopic (exact) mass is 240 g/mol. The molecule has 2 nitrogen and oxygen atoms in total. The van der Waals surface area contributed by atoms with Crippen LogP contribution in [0.1, 0.15) is 32.6 Å². The van der Waals surface area contributed by atoms with Crippen molar-refractivity contribution in [1.82, 2.24) is 0 Å². The van der Waals surface area contributed by atoms with Gasteiger partial charge in [-0.05, 0) is 31.4 Å². The molecule has 0 amide bonds. The highest BCUT2D eigenvalue weighted by molar-refractivity contribution is 5.57. The van der Waals surface area contributed by atoms with Crippen molar-refractivity contribution >= 4 is 11.4 Å². The summed E-state index contributed by atoms with van der Waals surface area (Å²) in [6, 6.07) is 2.69. The molecule has 0 saturated heterocycles. The minimum Gasteiger partial charge on any atom is -0.399 e. The molecule has 0 atom stereocenters. The van der Waals surface area contributed by atoms with Gasteiger partial charge in [-0.15, -0.1) is 0 Å². The largest absolute Gasteiger partial charge is 0.399 e. The fourth-order valence-electron chi connectivity index (χ4n) is 2.05. The molecule has 2 rings (SSSR count). The maximum absolute atomic E-state index is 13.8. The maximum atomic E-state index is 13.8. The number of hydrogen-bond acceptors (Lipinski definition) is 2. The van der Waals surface area contributed by atoms with Crippen LogP contribution in [0.25, 0.3) is 0 Å². The molecule has 0 bridgehead atoms. The van der Waals surface area contributed by atoms with Gasteiger partial charge in [-0.3, -0.25) is 0 Å². The first-order valence-corrected chi connectivity index (χ1v) is 6.14. The number of anilines is 2. The molecule has 17 heavy (non-hydrogen) atoms. The summed E-state index contributed by atoms with van der Waals surface area (Å²) in [5, 5.41) is 0. The van der Waals surface area contributed by atoms with Crippen molar-refractivity contribution in [2.75, 3.05) is 17.2 Å². The van der Waals surface area contributed by atoms with Crippen LogP contribution in [0.15, 0.2) is 12.1 Å². The van der Waals surface area contributed by atoms with E-state index in [4.69, 9.17) is 5.73 Å². The number of halogens is 2. The summed E-state index contributed by atoms with van der Waals surface area (Å²) in [6.07, 6.45) is 4.00. The third-order valence-electron chi connectivity index (χ3n) is 3.07. The van der Waals surface area contributed by atoms with E-state index < -0.39 is 11.6 Å². The molecule has 0 aromatic heterocycles. The smallest absolute Gasteiger partial charge is 0.151 e. The van der Waals surface area contributed by atoms with Crippen molar-refractivity contribution in [3.05, 3.63) is 23.8 Å². The van der Waals surface area contributed by atoms with E-state index in [9.17, 15) is 8.78 Å². The van der Waals surface area contributed by atoms with E-state index >= 15 is 0 Å². The van der Waals surface area contributed by atoms with Gasteiger partial charge >= 0.3 is 0 Å². The van der Waals surface area contributed by atoms with Crippen molar-refractivity contribution in [2.45, 2.75) is 38.6 Å². The second kappa shape index (κ2) is 4.90. The quantitative estimate of drug-likeness (QED) is 0.800. The fourth-order valence-corrected chi connectivity index (χ4v) is 2.05. The minimum atomic E-state index is -0.550. The zero-order valence-electron chi connectivity index (χ0n) is 10.0. The predicted molar refractivity (Wildman–Crippen MR) is 66.0 cm³/mol. The maximum Gasteiger partial charge on any atom is 0.151 e. The first-order chi connectivity index (χ1) is 8.13. The standard InChI is InChI=1S/C13H18F2N2/c1-2-3-6-17(10-4-5-10)13-11(14)7-9(16)8-12(13)15/h7-8,10H,2-6,16H2,1H3. The lowest BCUT2D eigenvalue weighted by atomic mass is 10.2. The first-order valence-electron chi connectivity index (χ1n) is 6.14. The van der Waals surface area contributed by atoms with E-state index in [1.807, 2.05) is 4.90 Å². The molecule has 0 heterocycles. The molecule has 1 fully saturated rings. The molecule has 1 aliphatic carbocycles. The Morgan fingerprint density at radius 1 is 1.29 bits per heavy atom. The van der Waals surface area contributed by atoms with Gasteiger partial charge in [0.2, 0.25) is 0 Å². The van der Waals surface area contributed by atoms with E-state index in [1.54, 1.807) is 0 Å². The number of unbranched alkanes of at least 4 members (excludes halogenated alkanes) is 1. The van der Waals surface area contributed by atoms with E-state index in [0.29, 0.717) is 12.6 Å². The Morgan fingerprint density at radius 3 is 2.35 bits per heavy atom. The molecule has 1 aliphatic rings. The van der Waals surface area contributed by atoms with Gasteiger partial charge in [-0.1, -0.05) is 13.3 Å². The Hall–Kier alpha value is -1.32. The Bertz CT molecular complexity index is 379. The van der Waals surface area contributed by atoms with Gasteiger partial charge < -0.3 is 10.6 Å². The van der Waals surface area contributed by atoms with Crippen LogP contribution < -0.4 is 10.6 Å². The van der Waals surface area contributed by atoms with Crippen LogP contribution in [0.4, 0.5) is 20.2 Å². The summed E-state index contributed by atoms with van der Waals surface area (Å²) < 4.78 is 27.6. The van der Waals surface area contributed by atoms with Crippen molar-refractivity contribution in [1.29, 1.82) is 0 Å². The van der Waals surface area contributed by atoms with Crippen molar-refractivity contribution in [3.8, 4) is 0 Å². The van der Waals surface area contributed by atoms with Gasteiger partial charge in [-0.25, -0.2) is 8.78 Å². The van der Waals surface area contributed by atoms with Crippen LogP contribution in [-0.2, 0) is 0 Å². The molecule has 1 saturated carbocycles. The lowest BCUT2D eigenvalue weighted by molar-refractivity contribution is 0.565. The van der Waals surface area contributed by atoms with Crippen LogP contribution in [0, 0.1) is 11.6 Å². The SMILES string of the molecule is CCCCN(c1c(F)cc(N)cc1F)C1CC1. The Balaban J connectivity index is 2.28. The average molecular weight is 240 g/mol. The molecule has 0 spiro atoms. The number of benzene rings is 1. The molecule has 4 heteroatoms. The van der Waals surface area contributed by atoms with Gasteiger partial charge in [0, 0.05) is 18.3 Å². The molecule has 2 N–H and O–H groups in total. The number of rotatable bonds is 5. The topological polar surface area (TPSA) is 29.3 Å². The molecule has 0 aliphatic heterocycles. The third-order valence-corrected chi connectivity index (χ3v) is 3.07. The van der Waals surface area contributed by atoms with Gasteiger partial charge in [0.1, 0.15) is 5.69 Å². The number of hydrogen-bond donors (Lipinski definition) is 1. The average Bonchev–Trinajstić information content (AvgIpc) is 3.05. The lowest BCUT2D eigenvalue weighted by Gasteiger charge is -2.25. The molecule has 1 aromatic carbocycles. The Morgan fingerprint density at radius 2 is 1.88 bits per heavy atom. The number of nitrogens with zero attached hydrogens (tertiary/aromatic N) is 1. The number of nitrogens with two attached hydrogens (primary N) is 1. The van der Waals surface area contributed by atoms with E-state index in [-0.39, 0.29) is 11.4 Å². The highest BCUT2D eigenvalue weighted by atomic mass is 19.1. The van der Waals surface area contributed by atoms with Gasteiger partial charge in [0.05, 0.1) is 0 Å². The van der Waals surface area contributed by atoms with Crippen LogP contribution in [0.2, 0.25) is 0 Å². The van der Waals surface area contributed by atoms with Crippen molar-refractivity contribution in [2.24, 2.45) is 0 Å². The molecule has 0 radical (unpaired) electrons. The molecule has 1 aromatic rings. The van der Waals surface area contributed by atoms with Gasteiger partial charge in [0.25, 0.3) is 0 Å². The highest BCUT2D eigenvalue weighted by Crippen LogP contribution is 2.35. The van der Waals surface area contributed by atoms with Crippen LogP contribution in [0.5, 0.6) is 0 Å². The van der Waals surface area contributed by atoms with Crippen LogP contribution >= 0.6 is 0 Å². The van der Waals surface area contributed by atoms with Crippen LogP contribution in [0.3, 0.4) is 0 Å². The second-order valence-corrected chi connectivity index (χ2v) is 4.61. The summed E-state index contributed by atoms with van der Waals surface area (Å²) in [7, 11) is 0. The highest BCUT2D eigenvalue weighted by Gasteiger charge is 2.32. The van der Waals surface area contributed by atoms with Gasteiger partial charge in [0.15, 0.2) is 11.6 Å². The van der Waals surface area contributed by atoms with E-state index in [1.165, 1.54) is 12.1 Å². The second-order valence-electron chi connectivity index (χ2n) is 4.61. The minimum absolute atomic E-state index is 0.0927. The zero-order valence-corrected chi connectivity index (χ0v) is 10.0. The first kappa shape index (κ1) is 12.1. The van der Waals surface area contributed by atoms with Crippen molar-refractivity contribution < 1.29 is 8.78 Å². The molecular weight excluding hydrogens is 222 g/mol. The normalized spacial score (nSPS) is 15.0. The van der Waals surface area contributed by atoms with Crippen LogP contribution in [-0.4, -0.2) is 12.6 Å². The molecular formula is C13H18F2N2. The van der Waals surface area contributed by atoms with E-state index in [0.717, 1.165) is 25.7 Å². The van der Waals surface area contributed by atoms with Gasteiger partial charge in [-0.2, -0.15) is 0 Å². The van der Waals surface area contributed by atoms with E-state index in [2.05, 4.69) is 6.92 Å². The predicted octanol–water partition coefficient (Wildman–Crippen LogP) is 3.32. The summed E-state index contributed by atoms with van der Waals surface area (Å²) in [5.74, 6) is -1.10. The summed E-state index contributed by atoms with van der Waals surface area (Å²) in [6.45, 7) is 2.78. The molecule has 94 valence electrons.